The smallest absolute Gasteiger partial charge is 0.257 e. The van der Waals surface area contributed by atoms with Gasteiger partial charge in [-0.15, -0.1) is 0 Å². The Bertz CT molecular complexity index is 921. The minimum atomic E-state index is -0.0860. The van der Waals surface area contributed by atoms with Crippen molar-refractivity contribution < 1.29 is 9.21 Å². The van der Waals surface area contributed by atoms with Crippen molar-refractivity contribution in [3.8, 4) is 0 Å². The zero-order valence-corrected chi connectivity index (χ0v) is 15.2. The molecule has 7 heteroatoms. The molecule has 7 nitrogen and oxygen atoms in total. The Kier molecular flexibility index (Phi) is 4.82. The van der Waals surface area contributed by atoms with Crippen LogP contribution in [-0.2, 0) is 25.8 Å². The molecule has 0 radical (unpaired) electrons. The highest BCUT2D eigenvalue weighted by Gasteiger charge is 2.26. The van der Waals surface area contributed by atoms with Gasteiger partial charge in [0.05, 0.1) is 12.1 Å². The number of anilines is 1. The molecule has 4 rings (SSSR count). The van der Waals surface area contributed by atoms with Crippen LogP contribution in [0, 0.1) is 0 Å². The van der Waals surface area contributed by atoms with Crippen molar-refractivity contribution in [2.75, 3.05) is 18.9 Å². The summed E-state index contributed by atoms with van der Waals surface area (Å²) in [4.78, 5) is 27.3. The van der Waals surface area contributed by atoms with Crippen LogP contribution in [0.5, 0.6) is 0 Å². The number of hydrogen-bond acceptors (Lipinski definition) is 6. The summed E-state index contributed by atoms with van der Waals surface area (Å²) in [7, 11) is 1.74. The molecular weight excluding hydrogens is 342 g/mol. The van der Waals surface area contributed by atoms with E-state index in [9.17, 15) is 4.79 Å². The van der Waals surface area contributed by atoms with Crippen LogP contribution in [0.2, 0.25) is 0 Å². The van der Waals surface area contributed by atoms with E-state index in [-0.39, 0.29) is 5.91 Å². The normalized spacial score (nSPS) is 13.3. The number of benzene rings is 1. The molecule has 27 heavy (non-hydrogen) atoms. The number of nitrogens with zero attached hydrogens (tertiary/aromatic N) is 4. The fourth-order valence-corrected chi connectivity index (χ4v) is 3.18. The second-order valence-corrected chi connectivity index (χ2v) is 6.49. The lowest BCUT2D eigenvalue weighted by Crippen LogP contribution is -2.36. The Hall–Kier alpha value is -3.22. The zero-order chi connectivity index (χ0) is 18.6. The molecule has 1 aliphatic heterocycles. The summed E-state index contributed by atoms with van der Waals surface area (Å²) in [5, 5.41) is 2.84. The first kappa shape index (κ1) is 17.2. The predicted octanol–water partition coefficient (Wildman–Crippen LogP) is 2.49. The number of carbonyl (C=O) groups excluding carboxylic acids is 1. The highest BCUT2D eigenvalue weighted by Crippen LogP contribution is 2.22. The van der Waals surface area contributed by atoms with E-state index in [0.717, 1.165) is 30.2 Å². The van der Waals surface area contributed by atoms with Gasteiger partial charge in [-0.3, -0.25) is 4.79 Å². The average molecular weight is 363 g/mol. The third kappa shape index (κ3) is 3.81. The van der Waals surface area contributed by atoms with Crippen LogP contribution in [-0.4, -0.2) is 39.4 Å². The molecule has 1 amide bonds. The van der Waals surface area contributed by atoms with Gasteiger partial charge in [-0.2, -0.15) is 0 Å². The lowest BCUT2D eigenvalue weighted by atomic mass is 10.1. The van der Waals surface area contributed by atoms with Crippen molar-refractivity contribution in [1.82, 2.24) is 19.9 Å². The Labute approximate surface area is 157 Å². The van der Waals surface area contributed by atoms with Gasteiger partial charge in [0.2, 0.25) is 5.95 Å². The van der Waals surface area contributed by atoms with E-state index in [1.807, 2.05) is 18.2 Å². The first-order valence-electron chi connectivity index (χ1n) is 9.03. The van der Waals surface area contributed by atoms with Gasteiger partial charge in [-0.25, -0.2) is 15.0 Å². The van der Waals surface area contributed by atoms with E-state index in [1.54, 1.807) is 24.3 Å². The van der Waals surface area contributed by atoms with E-state index in [1.165, 1.54) is 5.56 Å². The van der Waals surface area contributed by atoms with Gasteiger partial charge in [-0.05, 0) is 12.0 Å². The van der Waals surface area contributed by atoms with E-state index in [4.69, 9.17) is 4.42 Å². The standard InChI is InChI=1S/C20H21N5O2/c1-21-20-22-11-15(12-23-20)19(26)25-10-9-17-16(13-25)24-18(27-17)8-7-14-5-3-2-4-6-14/h2-6,11-12H,7-10,13H2,1H3,(H,21,22,23). The first-order valence-corrected chi connectivity index (χ1v) is 9.03. The zero-order valence-electron chi connectivity index (χ0n) is 15.2. The summed E-state index contributed by atoms with van der Waals surface area (Å²) < 4.78 is 5.91. The molecule has 1 aliphatic rings. The van der Waals surface area contributed by atoms with Crippen LogP contribution in [0.4, 0.5) is 5.95 Å². The third-order valence-electron chi connectivity index (χ3n) is 4.65. The monoisotopic (exact) mass is 363 g/mol. The minimum Gasteiger partial charge on any atom is -0.445 e. The average Bonchev–Trinajstić information content (AvgIpc) is 3.14. The lowest BCUT2D eigenvalue weighted by Gasteiger charge is -2.25. The highest BCUT2D eigenvalue weighted by molar-refractivity contribution is 5.93. The summed E-state index contributed by atoms with van der Waals surface area (Å²) in [5.74, 6) is 2.04. The SMILES string of the molecule is CNc1ncc(C(=O)N2CCc3oc(CCc4ccccc4)nc3C2)cn1. The molecule has 0 fully saturated rings. The van der Waals surface area contributed by atoms with Crippen LogP contribution in [0.15, 0.2) is 47.1 Å². The maximum atomic E-state index is 12.7. The molecular formula is C20H21N5O2. The minimum absolute atomic E-state index is 0.0860. The lowest BCUT2D eigenvalue weighted by molar-refractivity contribution is 0.0727. The molecule has 2 aromatic heterocycles. The number of rotatable bonds is 5. The fourth-order valence-electron chi connectivity index (χ4n) is 3.18. The molecule has 0 saturated heterocycles. The topological polar surface area (TPSA) is 84.2 Å². The van der Waals surface area contributed by atoms with E-state index < -0.39 is 0 Å². The Balaban J connectivity index is 1.42. The number of fused-ring (bicyclic) bond motifs is 1. The number of carbonyl (C=O) groups is 1. The molecule has 0 atom stereocenters. The Morgan fingerprint density at radius 3 is 2.70 bits per heavy atom. The van der Waals surface area contributed by atoms with Gasteiger partial charge < -0.3 is 14.6 Å². The number of nitrogens with one attached hydrogen (secondary N) is 1. The van der Waals surface area contributed by atoms with Gasteiger partial charge in [0, 0.05) is 38.8 Å². The summed E-state index contributed by atoms with van der Waals surface area (Å²) >= 11 is 0. The molecule has 1 aromatic carbocycles. The molecule has 0 unspecified atom stereocenters. The van der Waals surface area contributed by atoms with Gasteiger partial charge in [0.15, 0.2) is 5.89 Å². The van der Waals surface area contributed by atoms with Crippen molar-refractivity contribution in [3.63, 3.8) is 0 Å². The molecule has 0 aliphatic carbocycles. The number of amides is 1. The van der Waals surface area contributed by atoms with Gasteiger partial charge in [-0.1, -0.05) is 30.3 Å². The van der Waals surface area contributed by atoms with Crippen molar-refractivity contribution in [3.05, 3.63) is 71.2 Å². The van der Waals surface area contributed by atoms with E-state index in [0.29, 0.717) is 31.0 Å². The van der Waals surface area contributed by atoms with E-state index >= 15 is 0 Å². The number of aromatic nitrogens is 3. The van der Waals surface area contributed by atoms with Gasteiger partial charge in [0.25, 0.3) is 5.91 Å². The van der Waals surface area contributed by atoms with Crippen molar-refractivity contribution in [2.24, 2.45) is 0 Å². The molecule has 0 bridgehead atoms. The summed E-state index contributed by atoms with van der Waals surface area (Å²) in [6.07, 6.45) is 5.41. The second-order valence-electron chi connectivity index (χ2n) is 6.49. The largest absolute Gasteiger partial charge is 0.445 e. The molecule has 0 saturated carbocycles. The van der Waals surface area contributed by atoms with Crippen LogP contribution in [0.3, 0.4) is 0 Å². The van der Waals surface area contributed by atoms with Crippen LogP contribution >= 0.6 is 0 Å². The third-order valence-corrected chi connectivity index (χ3v) is 4.65. The quantitative estimate of drug-likeness (QED) is 0.750. The number of oxazole rings is 1. The number of hydrogen-bond donors (Lipinski definition) is 1. The van der Waals surface area contributed by atoms with Crippen molar-refractivity contribution in [1.29, 1.82) is 0 Å². The molecule has 1 N–H and O–H groups in total. The summed E-state index contributed by atoms with van der Waals surface area (Å²) in [5.41, 5.74) is 2.59. The van der Waals surface area contributed by atoms with Crippen LogP contribution < -0.4 is 5.32 Å². The van der Waals surface area contributed by atoms with Gasteiger partial charge in [0.1, 0.15) is 11.5 Å². The number of aryl methyl sites for hydroxylation is 2. The van der Waals surface area contributed by atoms with Crippen molar-refractivity contribution in [2.45, 2.75) is 25.8 Å². The van der Waals surface area contributed by atoms with Crippen molar-refractivity contribution >= 4 is 11.9 Å². The fraction of sp³-hybridized carbons (Fsp3) is 0.300. The van der Waals surface area contributed by atoms with Crippen LogP contribution in [0.25, 0.3) is 0 Å². The van der Waals surface area contributed by atoms with Gasteiger partial charge >= 0.3 is 0 Å². The Morgan fingerprint density at radius 1 is 1.19 bits per heavy atom. The summed E-state index contributed by atoms with van der Waals surface area (Å²) in [6.45, 7) is 1.06. The molecule has 3 heterocycles. The summed E-state index contributed by atoms with van der Waals surface area (Å²) in [6, 6.07) is 10.3. The van der Waals surface area contributed by atoms with E-state index in [2.05, 4.69) is 32.4 Å². The predicted molar refractivity (Wildman–Crippen MR) is 100 cm³/mol. The molecule has 0 spiro atoms. The maximum Gasteiger partial charge on any atom is 0.257 e. The Morgan fingerprint density at radius 2 is 1.96 bits per heavy atom. The molecule has 138 valence electrons. The second kappa shape index (κ2) is 7.57. The first-order chi connectivity index (χ1) is 13.2. The maximum absolute atomic E-state index is 12.7. The van der Waals surface area contributed by atoms with Crippen LogP contribution in [0.1, 0.15) is 33.3 Å². The highest BCUT2D eigenvalue weighted by atomic mass is 16.4. The molecule has 3 aromatic rings.